The minimum absolute atomic E-state index is 0.00652. The van der Waals surface area contributed by atoms with E-state index in [4.69, 9.17) is 27.9 Å². The van der Waals surface area contributed by atoms with Crippen LogP contribution in [0.15, 0.2) is 55.1 Å². The zero-order valence-corrected chi connectivity index (χ0v) is 25.1. The third-order valence-corrected chi connectivity index (χ3v) is 8.93. The van der Waals surface area contributed by atoms with Crippen molar-refractivity contribution in [2.45, 2.75) is 24.9 Å². The van der Waals surface area contributed by atoms with Gasteiger partial charge in [0.25, 0.3) is 0 Å². The van der Waals surface area contributed by atoms with Gasteiger partial charge in [0.2, 0.25) is 12.5 Å². The number of fused-ring (bicyclic) bond motifs is 2. The van der Waals surface area contributed by atoms with Crippen LogP contribution in [0.3, 0.4) is 0 Å². The van der Waals surface area contributed by atoms with Crippen LogP contribution in [0.1, 0.15) is 12.8 Å². The number of nitrogens with zero attached hydrogens (tertiary/aromatic N) is 6. The van der Waals surface area contributed by atoms with E-state index in [0.717, 1.165) is 24.8 Å². The van der Waals surface area contributed by atoms with Crippen molar-refractivity contribution in [2.75, 3.05) is 51.3 Å². The lowest BCUT2D eigenvalue weighted by Crippen LogP contribution is -2.56. The van der Waals surface area contributed by atoms with E-state index in [-0.39, 0.29) is 47.9 Å². The maximum atomic E-state index is 16.7. The van der Waals surface area contributed by atoms with Crippen molar-refractivity contribution >= 4 is 45.0 Å². The van der Waals surface area contributed by atoms with Crippen LogP contribution in [0.5, 0.6) is 11.8 Å². The van der Waals surface area contributed by atoms with Gasteiger partial charge in [-0.2, -0.15) is 9.97 Å². The van der Waals surface area contributed by atoms with Crippen LogP contribution in [0.2, 0.25) is 5.02 Å². The smallest absolute Gasteiger partial charge is 0.319 e. The predicted molar refractivity (Wildman–Crippen MR) is 170 cm³/mol. The van der Waals surface area contributed by atoms with Crippen LogP contribution < -0.4 is 9.64 Å². The van der Waals surface area contributed by atoms with Crippen LogP contribution >= 0.6 is 11.6 Å². The molecule has 3 heterocycles. The molecule has 2 atom stereocenters. The van der Waals surface area contributed by atoms with Gasteiger partial charge in [-0.1, -0.05) is 48.5 Å². The average molecular weight is 615 g/mol. The number of rotatable bonds is 7. The molecule has 2 fully saturated rings. The lowest BCUT2D eigenvalue weighted by atomic mass is 9.95. The number of likely N-dealkylation sites (N-methyl/N-ethyl adjacent to an activating group) is 1. The van der Waals surface area contributed by atoms with Crippen LogP contribution in [0.25, 0.3) is 37.6 Å². The number of phenolic OH excluding ortho intramolecular Hbond substituents is 1. The van der Waals surface area contributed by atoms with Gasteiger partial charge in [-0.05, 0) is 55.6 Å². The van der Waals surface area contributed by atoms with Gasteiger partial charge in [0.1, 0.15) is 29.7 Å². The Balaban J connectivity index is 1.49. The predicted octanol–water partition coefficient (Wildman–Crippen LogP) is 5.54. The lowest BCUT2D eigenvalue weighted by molar-refractivity contribution is -0.128. The standard InChI is InChI=1S/C33H32ClFN6O3/c1-4-27(43)41-15-14-40(18-22(41)17-36-2)32-24-16-26(42)29(23-11-5-8-20-9-6-12-25(34)28(20)23)30(35)31(24)37-33(38-32)44-19-21-10-7-13-39(21)3/h4-6,8-9,11-12,16,21-22,42H,1,7,10,13-15,17-19H2,3H3/t21-,22-/m0/s1. The zero-order chi connectivity index (χ0) is 31.0. The van der Waals surface area contributed by atoms with Crippen molar-refractivity contribution in [3.63, 3.8) is 0 Å². The van der Waals surface area contributed by atoms with E-state index in [9.17, 15) is 9.90 Å². The molecule has 0 unspecified atom stereocenters. The summed E-state index contributed by atoms with van der Waals surface area (Å²) >= 11 is 6.57. The second-order valence-electron chi connectivity index (χ2n) is 11.2. The SMILES string of the molecule is [C-]#[N+]C[C@H]1CN(c2nc(OC[C@@H]3CCCN3C)nc3c(F)c(-c4cccc5cccc(Cl)c45)c(O)cc23)CCN1C(=O)C=C. The van der Waals surface area contributed by atoms with E-state index in [2.05, 4.69) is 21.3 Å². The van der Waals surface area contributed by atoms with Gasteiger partial charge in [-0.25, -0.2) is 11.0 Å². The second kappa shape index (κ2) is 12.3. The van der Waals surface area contributed by atoms with E-state index >= 15 is 4.39 Å². The number of halogens is 2. The van der Waals surface area contributed by atoms with Crippen LogP contribution in [0, 0.1) is 12.4 Å². The summed E-state index contributed by atoms with van der Waals surface area (Å²) in [5.41, 5.74) is 0.413. The summed E-state index contributed by atoms with van der Waals surface area (Å²) in [6.07, 6.45) is 3.28. The molecular weight excluding hydrogens is 583 g/mol. The Labute approximate surface area is 259 Å². The van der Waals surface area contributed by atoms with Gasteiger partial charge in [0.05, 0.1) is 5.56 Å². The van der Waals surface area contributed by atoms with E-state index in [1.165, 1.54) is 12.1 Å². The number of phenols is 1. The number of anilines is 1. The Morgan fingerprint density at radius 3 is 2.75 bits per heavy atom. The maximum Gasteiger partial charge on any atom is 0.319 e. The summed E-state index contributed by atoms with van der Waals surface area (Å²) in [7, 11) is 2.04. The fourth-order valence-corrected chi connectivity index (χ4v) is 6.60. The Morgan fingerprint density at radius 2 is 2.02 bits per heavy atom. The molecule has 0 saturated carbocycles. The fourth-order valence-electron chi connectivity index (χ4n) is 6.32. The summed E-state index contributed by atoms with van der Waals surface area (Å²) in [4.78, 5) is 31.1. The van der Waals surface area contributed by atoms with E-state index in [0.29, 0.717) is 46.9 Å². The first-order valence-electron chi connectivity index (χ1n) is 14.6. The van der Waals surface area contributed by atoms with E-state index < -0.39 is 11.9 Å². The van der Waals surface area contributed by atoms with Crippen molar-refractivity contribution in [3.8, 4) is 22.9 Å². The summed E-state index contributed by atoms with van der Waals surface area (Å²) in [6.45, 7) is 13.4. The highest BCUT2D eigenvalue weighted by Crippen LogP contribution is 2.43. The Morgan fingerprint density at radius 1 is 1.23 bits per heavy atom. The average Bonchev–Trinajstić information content (AvgIpc) is 3.44. The zero-order valence-electron chi connectivity index (χ0n) is 24.3. The lowest BCUT2D eigenvalue weighted by Gasteiger charge is -2.39. The molecule has 226 valence electrons. The Hall–Kier alpha value is -4.46. The molecule has 6 rings (SSSR count). The minimum Gasteiger partial charge on any atom is -0.507 e. The number of hydrogen-bond acceptors (Lipinski definition) is 7. The number of likely N-dealkylation sites (tertiary alicyclic amines) is 1. The highest BCUT2D eigenvalue weighted by molar-refractivity contribution is 6.36. The van der Waals surface area contributed by atoms with Crippen molar-refractivity contribution in [3.05, 3.63) is 77.4 Å². The van der Waals surface area contributed by atoms with Gasteiger partial charge in [-0.15, -0.1) is 0 Å². The number of aromatic hydroxyl groups is 1. The monoisotopic (exact) mass is 614 g/mol. The number of benzene rings is 3. The number of carbonyl (C=O) groups is 1. The second-order valence-corrected chi connectivity index (χ2v) is 11.6. The molecule has 2 saturated heterocycles. The molecule has 0 radical (unpaired) electrons. The van der Waals surface area contributed by atoms with Crippen LogP contribution in [-0.2, 0) is 4.79 Å². The van der Waals surface area contributed by atoms with Crippen molar-refractivity contribution < 1.29 is 19.0 Å². The molecule has 1 amide bonds. The molecule has 11 heteroatoms. The molecule has 1 aromatic heterocycles. The molecule has 2 aliphatic rings. The quantitative estimate of drug-likeness (QED) is 0.216. The number of piperazine rings is 1. The number of ether oxygens (including phenoxy) is 1. The van der Waals surface area contributed by atoms with Crippen molar-refractivity contribution in [1.29, 1.82) is 0 Å². The first-order valence-corrected chi connectivity index (χ1v) is 14.9. The van der Waals surface area contributed by atoms with Gasteiger partial charge in [0, 0.05) is 41.5 Å². The Kier molecular flexibility index (Phi) is 8.25. The fraction of sp³-hybridized carbons (Fsp3) is 0.333. The van der Waals surface area contributed by atoms with Gasteiger partial charge in [-0.3, -0.25) is 4.79 Å². The highest BCUT2D eigenvalue weighted by Gasteiger charge is 2.34. The topological polar surface area (TPSA) is 86.4 Å². The maximum absolute atomic E-state index is 16.7. The third-order valence-electron chi connectivity index (χ3n) is 8.61. The molecule has 1 N–H and O–H groups in total. The number of hydrogen-bond donors (Lipinski definition) is 1. The van der Waals surface area contributed by atoms with Crippen molar-refractivity contribution in [1.82, 2.24) is 19.8 Å². The number of carbonyl (C=O) groups excluding carboxylic acids is 1. The molecular formula is C33H32ClFN6O3. The largest absolute Gasteiger partial charge is 0.507 e. The first-order chi connectivity index (χ1) is 21.3. The van der Waals surface area contributed by atoms with E-state index in [1.54, 1.807) is 23.1 Å². The molecule has 0 aliphatic carbocycles. The molecule has 0 bridgehead atoms. The number of aromatic nitrogens is 2. The van der Waals surface area contributed by atoms with Gasteiger partial charge < -0.3 is 29.4 Å². The first kappa shape index (κ1) is 29.6. The molecule has 2 aliphatic heterocycles. The van der Waals surface area contributed by atoms with Gasteiger partial charge >= 0.3 is 6.01 Å². The van der Waals surface area contributed by atoms with E-state index in [1.807, 2.05) is 30.1 Å². The molecule has 9 nitrogen and oxygen atoms in total. The normalized spacial score (nSPS) is 19.0. The number of amides is 1. The van der Waals surface area contributed by atoms with Crippen LogP contribution in [-0.4, -0.2) is 89.2 Å². The third kappa shape index (κ3) is 5.38. The van der Waals surface area contributed by atoms with Crippen LogP contribution in [0.4, 0.5) is 10.2 Å². The summed E-state index contributed by atoms with van der Waals surface area (Å²) < 4.78 is 22.8. The Bertz CT molecular complexity index is 1810. The molecule has 44 heavy (non-hydrogen) atoms. The van der Waals surface area contributed by atoms with Crippen molar-refractivity contribution in [2.24, 2.45) is 0 Å². The highest BCUT2D eigenvalue weighted by atomic mass is 35.5. The van der Waals surface area contributed by atoms with Gasteiger partial charge in [0.15, 0.2) is 5.82 Å². The minimum atomic E-state index is -0.725. The molecule has 3 aromatic carbocycles. The molecule has 0 spiro atoms. The summed E-state index contributed by atoms with van der Waals surface area (Å²) in [6, 6.07) is 12.1. The summed E-state index contributed by atoms with van der Waals surface area (Å²) in [5.74, 6) is -0.899. The molecule has 4 aromatic rings. The summed E-state index contributed by atoms with van der Waals surface area (Å²) in [5, 5.41) is 13.5.